The van der Waals surface area contributed by atoms with Crippen molar-refractivity contribution in [3.8, 4) is 5.69 Å². The van der Waals surface area contributed by atoms with Gasteiger partial charge in [0.2, 0.25) is 0 Å². The van der Waals surface area contributed by atoms with Crippen LogP contribution in [0.2, 0.25) is 5.02 Å². The third kappa shape index (κ3) is 3.37. The lowest BCUT2D eigenvalue weighted by atomic mass is 9.95. The molecule has 1 atom stereocenters. The Bertz CT molecular complexity index is 942. The molecule has 1 aromatic carbocycles. The SMILES string of the molecule is O=C(O)CC1CCCN(c2cc(-n3ccnc3)c3ccc(Cl)cc3n2)C1. The van der Waals surface area contributed by atoms with E-state index in [4.69, 9.17) is 21.7 Å². The van der Waals surface area contributed by atoms with Crippen molar-refractivity contribution in [2.24, 2.45) is 5.92 Å². The number of piperidine rings is 1. The Morgan fingerprint density at radius 2 is 2.23 bits per heavy atom. The van der Waals surface area contributed by atoms with Crippen molar-refractivity contribution in [3.63, 3.8) is 0 Å². The standard InChI is InChI=1S/C19H19ClN4O2/c20-14-3-4-15-16(9-14)22-18(10-17(15)24-7-5-21-12-24)23-6-1-2-13(11-23)8-19(25)26/h3-5,7,9-10,12-13H,1-2,6,8,11H2,(H,25,26). The van der Waals surface area contributed by atoms with Crippen molar-refractivity contribution in [1.82, 2.24) is 14.5 Å². The summed E-state index contributed by atoms with van der Waals surface area (Å²) in [6.07, 6.45) is 7.51. The number of pyridine rings is 1. The number of imidazole rings is 1. The van der Waals surface area contributed by atoms with Crippen molar-refractivity contribution in [2.75, 3.05) is 18.0 Å². The van der Waals surface area contributed by atoms with Gasteiger partial charge in [-0.2, -0.15) is 0 Å². The molecule has 134 valence electrons. The molecule has 1 aliphatic rings. The highest BCUT2D eigenvalue weighted by Crippen LogP contribution is 2.30. The van der Waals surface area contributed by atoms with E-state index in [1.807, 2.05) is 35.0 Å². The van der Waals surface area contributed by atoms with Gasteiger partial charge < -0.3 is 14.6 Å². The molecule has 0 spiro atoms. The summed E-state index contributed by atoms with van der Waals surface area (Å²) in [5, 5.41) is 10.7. The van der Waals surface area contributed by atoms with Crippen molar-refractivity contribution < 1.29 is 9.90 Å². The summed E-state index contributed by atoms with van der Waals surface area (Å²) in [5.74, 6) is 0.252. The highest BCUT2D eigenvalue weighted by atomic mass is 35.5. The first kappa shape index (κ1) is 16.8. The first-order valence-corrected chi connectivity index (χ1v) is 9.03. The van der Waals surface area contributed by atoms with E-state index in [1.165, 1.54) is 0 Å². The molecule has 0 radical (unpaired) electrons. The zero-order chi connectivity index (χ0) is 18.1. The summed E-state index contributed by atoms with van der Waals surface area (Å²) in [6, 6.07) is 7.73. The van der Waals surface area contributed by atoms with Crippen molar-refractivity contribution >= 4 is 34.3 Å². The number of aliphatic carboxylic acids is 1. The average Bonchev–Trinajstić information content (AvgIpc) is 3.14. The van der Waals surface area contributed by atoms with E-state index >= 15 is 0 Å². The molecule has 3 heterocycles. The molecule has 0 bridgehead atoms. The molecule has 0 amide bonds. The zero-order valence-electron chi connectivity index (χ0n) is 14.2. The van der Waals surface area contributed by atoms with Crippen LogP contribution in [-0.4, -0.2) is 38.7 Å². The zero-order valence-corrected chi connectivity index (χ0v) is 14.9. The van der Waals surface area contributed by atoms with Gasteiger partial charge in [0.1, 0.15) is 5.82 Å². The first-order chi connectivity index (χ1) is 12.6. The van der Waals surface area contributed by atoms with Crippen LogP contribution in [0.3, 0.4) is 0 Å². The molecule has 6 nitrogen and oxygen atoms in total. The summed E-state index contributed by atoms with van der Waals surface area (Å²) < 4.78 is 1.96. The number of carboxylic acid groups (broad SMARTS) is 1. The molecule has 1 N–H and O–H groups in total. The van der Waals surface area contributed by atoms with Crippen LogP contribution in [0.1, 0.15) is 19.3 Å². The largest absolute Gasteiger partial charge is 0.481 e. The molecular weight excluding hydrogens is 352 g/mol. The third-order valence-corrected chi connectivity index (χ3v) is 5.06. The van der Waals surface area contributed by atoms with Crippen LogP contribution in [-0.2, 0) is 4.79 Å². The van der Waals surface area contributed by atoms with Gasteiger partial charge in [0.05, 0.1) is 17.5 Å². The maximum Gasteiger partial charge on any atom is 0.303 e. The minimum Gasteiger partial charge on any atom is -0.481 e. The van der Waals surface area contributed by atoms with Gasteiger partial charge in [-0.3, -0.25) is 4.79 Å². The predicted octanol–water partition coefficient (Wildman–Crippen LogP) is 3.77. The lowest BCUT2D eigenvalue weighted by Crippen LogP contribution is -2.36. The molecule has 0 aliphatic carbocycles. The number of carbonyl (C=O) groups is 1. The topological polar surface area (TPSA) is 71.2 Å². The maximum absolute atomic E-state index is 11.1. The fraction of sp³-hybridized carbons (Fsp3) is 0.316. The van der Waals surface area contributed by atoms with E-state index in [-0.39, 0.29) is 12.3 Å². The number of aromatic nitrogens is 3. The number of rotatable bonds is 4. The van der Waals surface area contributed by atoms with Crippen LogP contribution >= 0.6 is 11.6 Å². The second-order valence-electron chi connectivity index (χ2n) is 6.68. The van der Waals surface area contributed by atoms with Gasteiger partial charge in [-0.1, -0.05) is 11.6 Å². The average molecular weight is 371 g/mol. The van der Waals surface area contributed by atoms with Gasteiger partial charge >= 0.3 is 5.97 Å². The number of halogens is 1. The summed E-state index contributed by atoms with van der Waals surface area (Å²) in [5.41, 5.74) is 1.80. The fourth-order valence-corrected chi connectivity index (χ4v) is 3.80. The van der Waals surface area contributed by atoms with E-state index in [2.05, 4.69) is 9.88 Å². The second kappa shape index (κ2) is 6.96. The minimum atomic E-state index is -0.741. The lowest BCUT2D eigenvalue weighted by Gasteiger charge is -2.33. The minimum absolute atomic E-state index is 0.148. The normalized spacial score (nSPS) is 17.6. The first-order valence-electron chi connectivity index (χ1n) is 8.65. The molecule has 1 unspecified atom stereocenters. The molecule has 4 rings (SSSR count). The van der Waals surface area contributed by atoms with Crippen LogP contribution in [0, 0.1) is 5.92 Å². The maximum atomic E-state index is 11.1. The van der Waals surface area contributed by atoms with Gasteiger partial charge in [0.15, 0.2) is 0 Å². The van der Waals surface area contributed by atoms with Crippen LogP contribution in [0.25, 0.3) is 16.6 Å². The number of carboxylic acids is 1. The van der Waals surface area contributed by atoms with Gasteiger partial charge in [0, 0.05) is 48.4 Å². The Balaban J connectivity index is 1.76. The highest BCUT2D eigenvalue weighted by Gasteiger charge is 2.24. The van der Waals surface area contributed by atoms with E-state index in [0.717, 1.165) is 41.8 Å². The quantitative estimate of drug-likeness (QED) is 0.757. The molecule has 0 saturated carbocycles. The van der Waals surface area contributed by atoms with E-state index in [9.17, 15) is 4.79 Å². The Hall–Kier alpha value is -2.60. The molecule has 26 heavy (non-hydrogen) atoms. The molecule has 1 aliphatic heterocycles. The monoisotopic (exact) mass is 370 g/mol. The number of hydrogen-bond acceptors (Lipinski definition) is 4. The number of benzene rings is 1. The fourth-order valence-electron chi connectivity index (χ4n) is 3.63. The van der Waals surface area contributed by atoms with Gasteiger partial charge in [0.25, 0.3) is 0 Å². The van der Waals surface area contributed by atoms with Gasteiger partial charge in [-0.05, 0) is 37.0 Å². The van der Waals surface area contributed by atoms with Crippen molar-refractivity contribution in [3.05, 3.63) is 48.0 Å². The molecular formula is C19H19ClN4O2. The molecule has 1 saturated heterocycles. The highest BCUT2D eigenvalue weighted by molar-refractivity contribution is 6.31. The Labute approximate surface area is 156 Å². The summed E-state index contributed by atoms with van der Waals surface area (Å²) in [4.78, 5) is 22.2. The van der Waals surface area contributed by atoms with Gasteiger partial charge in [-0.25, -0.2) is 9.97 Å². The Morgan fingerprint density at radius 1 is 1.35 bits per heavy atom. The van der Waals surface area contributed by atoms with Gasteiger partial charge in [-0.15, -0.1) is 0 Å². The molecule has 2 aromatic heterocycles. The van der Waals surface area contributed by atoms with Crippen LogP contribution < -0.4 is 4.90 Å². The van der Waals surface area contributed by atoms with E-state index < -0.39 is 5.97 Å². The number of fused-ring (bicyclic) bond motifs is 1. The summed E-state index contributed by atoms with van der Waals surface area (Å²) in [6.45, 7) is 1.58. The second-order valence-corrected chi connectivity index (χ2v) is 7.12. The molecule has 3 aromatic rings. The number of hydrogen-bond donors (Lipinski definition) is 1. The Morgan fingerprint density at radius 3 is 3.00 bits per heavy atom. The van der Waals surface area contributed by atoms with Crippen LogP contribution in [0.4, 0.5) is 5.82 Å². The molecule has 7 heteroatoms. The predicted molar refractivity (Wildman–Crippen MR) is 101 cm³/mol. The van der Waals surface area contributed by atoms with E-state index in [0.29, 0.717) is 11.6 Å². The van der Waals surface area contributed by atoms with Crippen molar-refractivity contribution in [2.45, 2.75) is 19.3 Å². The smallest absolute Gasteiger partial charge is 0.303 e. The number of nitrogens with zero attached hydrogens (tertiary/aromatic N) is 4. The van der Waals surface area contributed by atoms with Crippen LogP contribution in [0.15, 0.2) is 43.0 Å². The summed E-state index contributed by atoms with van der Waals surface area (Å²) in [7, 11) is 0. The third-order valence-electron chi connectivity index (χ3n) is 4.83. The summed E-state index contributed by atoms with van der Waals surface area (Å²) >= 11 is 6.18. The van der Waals surface area contributed by atoms with Crippen molar-refractivity contribution in [1.29, 1.82) is 0 Å². The number of anilines is 1. The van der Waals surface area contributed by atoms with E-state index in [1.54, 1.807) is 12.5 Å². The lowest BCUT2D eigenvalue weighted by molar-refractivity contribution is -0.138. The Kier molecular flexibility index (Phi) is 4.51. The molecule has 1 fully saturated rings. The van der Waals surface area contributed by atoms with Crippen LogP contribution in [0.5, 0.6) is 0 Å².